The van der Waals surface area contributed by atoms with E-state index in [9.17, 15) is 14.4 Å². The Labute approximate surface area is 174 Å². The number of hydrogen-bond donors (Lipinski definition) is 2. The molecule has 1 unspecified atom stereocenters. The molecule has 1 saturated carbocycles. The van der Waals surface area contributed by atoms with Crippen LogP contribution in [0.2, 0.25) is 0 Å². The van der Waals surface area contributed by atoms with Crippen molar-refractivity contribution in [3.8, 4) is 0 Å². The number of aromatic nitrogens is 2. The highest BCUT2D eigenvalue weighted by atomic mass is 16.5. The zero-order chi connectivity index (χ0) is 20.8. The number of fused-ring (bicyclic) bond motifs is 1. The first-order chi connectivity index (χ1) is 14.5. The van der Waals surface area contributed by atoms with Crippen molar-refractivity contribution >= 4 is 22.8 Å². The fourth-order valence-corrected chi connectivity index (χ4v) is 5.02. The highest BCUT2D eigenvalue weighted by Crippen LogP contribution is 2.40. The Balaban J connectivity index is 1.34. The van der Waals surface area contributed by atoms with Crippen LogP contribution in [0, 0.1) is 0 Å². The SMILES string of the molecule is Cn1c(=O)n(C2CCC(=O)NC2=O)c2ccc(C3CC(OC4CCNCC4)C3)cc21. The zero-order valence-electron chi connectivity index (χ0n) is 17.2. The summed E-state index contributed by atoms with van der Waals surface area (Å²) in [5.74, 6) is -0.241. The number of imide groups is 1. The number of amides is 2. The monoisotopic (exact) mass is 412 g/mol. The van der Waals surface area contributed by atoms with Crippen molar-refractivity contribution in [3.63, 3.8) is 0 Å². The van der Waals surface area contributed by atoms with E-state index in [1.165, 1.54) is 10.1 Å². The molecule has 8 nitrogen and oxygen atoms in total. The number of rotatable bonds is 4. The van der Waals surface area contributed by atoms with Gasteiger partial charge < -0.3 is 10.1 Å². The molecule has 2 saturated heterocycles. The van der Waals surface area contributed by atoms with Crippen molar-refractivity contribution in [3.05, 3.63) is 34.2 Å². The Morgan fingerprint density at radius 2 is 1.77 bits per heavy atom. The minimum Gasteiger partial charge on any atom is -0.375 e. The Bertz CT molecular complexity index is 1040. The molecule has 1 aliphatic carbocycles. The van der Waals surface area contributed by atoms with Crippen LogP contribution in [0.5, 0.6) is 0 Å². The quantitative estimate of drug-likeness (QED) is 0.739. The maximum Gasteiger partial charge on any atom is 0.329 e. The number of imidazole rings is 1. The maximum absolute atomic E-state index is 12.9. The zero-order valence-corrected chi connectivity index (χ0v) is 17.2. The van der Waals surface area contributed by atoms with Gasteiger partial charge in [-0.1, -0.05) is 6.07 Å². The lowest BCUT2D eigenvalue weighted by atomic mass is 9.77. The number of nitrogens with one attached hydrogen (secondary N) is 2. The van der Waals surface area contributed by atoms with Crippen molar-refractivity contribution in [2.45, 2.75) is 62.7 Å². The number of benzene rings is 1. The van der Waals surface area contributed by atoms with Crippen LogP contribution in [0.1, 0.15) is 56.0 Å². The highest BCUT2D eigenvalue weighted by Gasteiger charge is 2.35. The predicted molar refractivity (Wildman–Crippen MR) is 111 cm³/mol. The second-order valence-corrected chi connectivity index (χ2v) is 8.80. The third-order valence-electron chi connectivity index (χ3n) is 6.87. The van der Waals surface area contributed by atoms with E-state index in [-0.39, 0.29) is 18.0 Å². The molecule has 5 rings (SSSR count). The van der Waals surface area contributed by atoms with Gasteiger partial charge in [-0.2, -0.15) is 0 Å². The molecule has 0 radical (unpaired) electrons. The topological polar surface area (TPSA) is 94.4 Å². The van der Waals surface area contributed by atoms with Gasteiger partial charge in [-0.05, 0) is 68.8 Å². The van der Waals surface area contributed by atoms with Gasteiger partial charge in [0.15, 0.2) is 0 Å². The van der Waals surface area contributed by atoms with E-state index >= 15 is 0 Å². The number of aryl methyl sites for hydroxylation is 1. The number of nitrogens with zero attached hydrogens (tertiary/aromatic N) is 2. The average molecular weight is 412 g/mol. The van der Waals surface area contributed by atoms with Crippen molar-refractivity contribution < 1.29 is 14.3 Å². The van der Waals surface area contributed by atoms with Crippen LogP contribution >= 0.6 is 0 Å². The van der Waals surface area contributed by atoms with Crippen LogP contribution in [0.25, 0.3) is 11.0 Å². The minimum absolute atomic E-state index is 0.225. The number of ether oxygens (including phenoxy) is 1. The summed E-state index contributed by atoms with van der Waals surface area (Å²) < 4.78 is 9.38. The minimum atomic E-state index is -0.642. The molecule has 0 spiro atoms. The van der Waals surface area contributed by atoms with E-state index in [1.54, 1.807) is 11.6 Å². The Kier molecular flexibility index (Phi) is 4.99. The lowest BCUT2D eigenvalue weighted by Crippen LogP contribution is -2.44. The molecule has 3 fully saturated rings. The van der Waals surface area contributed by atoms with Gasteiger partial charge in [0, 0.05) is 13.5 Å². The van der Waals surface area contributed by atoms with Gasteiger partial charge in [-0.25, -0.2) is 4.79 Å². The molecule has 3 aliphatic rings. The van der Waals surface area contributed by atoms with Gasteiger partial charge in [0.05, 0.1) is 23.2 Å². The molecule has 2 aromatic rings. The van der Waals surface area contributed by atoms with E-state index < -0.39 is 11.9 Å². The van der Waals surface area contributed by atoms with Crippen LogP contribution < -0.4 is 16.3 Å². The molecular weight excluding hydrogens is 384 g/mol. The van der Waals surface area contributed by atoms with E-state index in [0.29, 0.717) is 24.5 Å². The van der Waals surface area contributed by atoms with Crippen molar-refractivity contribution in [1.29, 1.82) is 0 Å². The van der Waals surface area contributed by atoms with Crippen LogP contribution in [0.15, 0.2) is 23.0 Å². The fourth-order valence-electron chi connectivity index (χ4n) is 5.02. The number of piperidine rings is 2. The molecule has 30 heavy (non-hydrogen) atoms. The van der Waals surface area contributed by atoms with Gasteiger partial charge in [0.2, 0.25) is 11.8 Å². The predicted octanol–water partition coefficient (Wildman–Crippen LogP) is 1.33. The summed E-state index contributed by atoms with van der Waals surface area (Å²) in [4.78, 5) is 36.7. The first-order valence-electron chi connectivity index (χ1n) is 10.9. The smallest absolute Gasteiger partial charge is 0.329 e. The second-order valence-electron chi connectivity index (χ2n) is 8.80. The van der Waals surface area contributed by atoms with Gasteiger partial charge in [-0.15, -0.1) is 0 Å². The standard InChI is InChI=1S/C22H28N4O4/c1-25-19-12-13(14-10-16(11-14)30-15-6-8-23-9-7-15)2-3-17(19)26(22(25)29)18-4-5-20(27)24-21(18)28/h2-3,12,14-16,18,23H,4-11H2,1H3,(H,24,27,28). The van der Waals surface area contributed by atoms with E-state index in [0.717, 1.165) is 49.8 Å². The second kappa shape index (κ2) is 7.67. The van der Waals surface area contributed by atoms with Gasteiger partial charge in [0.1, 0.15) is 6.04 Å². The fraction of sp³-hybridized carbons (Fsp3) is 0.591. The van der Waals surface area contributed by atoms with Crippen molar-refractivity contribution in [1.82, 2.24) is 19.8 Å². The molecule has 0 bridgehead atoms. The summed E-state index contributed by atoms with van der Waals surface area (Å²) >= 11 is 0. The molecule has 1 aromatic carbocycles. The summed E-state index contributed by atoms with van der Waals surface area (Å²) in [6.45, 7) is 2.07. The van der Waals surface area contributed by atoms with Gasteiger partial charge in [-0.3, -0.25) is 24.0 Å². The first kappa shape index (κ1) is 19.5. The van der Waals surface area contributed by atoms with Crippen molar-refractivity contribution in [2.24, 2.45) is 7.05 Å². The van der Waals surface area contributed by atoms with Crippen LogP contribution in [-0.2, 0) is 21.4 Å². The molecule has 2 aliphatic heterocycles. The normalized spacial score (nSPS) is 27.8. The van der Waals surface area contributed by atoms with E-state index in [2.05, 4.69) is 22.8 Å². The maximum atomic E-state index is 12.9. The number of carbonyl (C=O) groups excluding carboxylic acids is 2. The third kappa shape index (κ3) is 3.37. The van der Waals surface area contributed by atoms with Crippen LogP contribution in [0.3, 0.4) is 0 Å². The largest absolute Gasteiger partial charge is 0.375 e. The third-order valence-corrected chi connectivity index (χ3v) is 6.87. The Hall–Kier alpha value is -2.45. The molecule has 1 atom stereocenters. The van der Waals surface area contributed by atoms with Gasteiger partial charge >= 0.3 is 5.69 Å². The lowest BCUT2D eigenvalue weighted by molar-refractivity contribution is -0.135. The summed E-state index contributed by atoms with van der Waals surface area (Å²) in [6.07, 6.45) is 5.50. The Morgan fingerprint density at radius 3 is 2.50 bits per heavy atom. The van der Waals surface area contributed by atoms with Crippen molar-refractivity contribution in [2.75, 3.05) is 13.1 Å². The summed E-state index contributed by atoms with van der Waals surface area (Å²) in [6, 6.07) is 5.44. The summed E-state index contributed by atoms with van der Waals surface area (Å²) in [7, 11) is 1.74. The first-order valence-corrected chi connectivity index (χ1v) is 10.9. The molecule has 1 aromatic heterocycles. The highest BCUT2D eigenvalue weighted by molar-refractivity contribution is 6.00. The lowest BCUT2D eigenvalue weighted by Gasteiger charge is -2.39. The molecule has 2 N–H and O–H groups in total. The van der Waals surface area contributed by atoms with E-state index in [4.69, 9.17) is 4.74 Å². The summed E-state index contributed by atoms with van der Waals surface area (Å²) in [5.41, 5.74) is 2.55. The molecule has 3 heterocycles. The molecule has 8 heteroatoms. The van der Waals surface area contributed by atoms with Crippen LogP contribution in [-0.4, -0.2) is 46.2 Å². The molecule has 160 valence electrons. The number of carbonyl (C=O) groups is 2. The summed E-state index contributed by atoms with van der Waals surface area (Å²) in [5, 5.41) is 5.71. The van der Waals surface area contributed by atoms with Crippen LogP contribution in [0.4, 0.5) is 0 Å². The molecular formula is C22H28N4O4. The number of hydrogen-bond acceptors (Lipinski definition) is 5. The van der Waals surface area contributed by atoms with Gasteiger partial charge in [0.25, 0.3) is 0 Å². The Morgan fingerprint density at radius 1 is 1.00 bits per heavy atom. The average Bonchev–Trinajstić information content (AvgIpc) is 2.96. The molecule has 2 amide bonds. The van der Waals surface area contributed by atoms with E-state index in [1.807, 2.05) is 6.07 Å².